The van der Waals surface area contributed by atoms with E-state index in [4.69, 9.17) is 4.74 Å². The summed E-state index contributed by atoms with van der Waals surface area (Å²) in [4.78, 5) is 2.09. The average molecular weight is 371 g/mol. The van der Waals surface area contributed by atoms with Crippen LogP contribution in [0.5, 0.6) is 5.88 Å². The van der Waals surface area contributed by atoms with E-state index in [2.05, 4.69) is 31.8 Å². The number of nitrogens with zero attached hydrogens (tertiary/aromatic N) is 6. The Morgan fingerprint density at radius 1 is 1.04 bits per heavy atom. The summed E-state index contributed by atoms with van der Waals surface area (Å²) >= 11 is 0. The van der Waals surface area contributed by atoms with Crippen molar-refractivity contribution >= 4 is 5.82 Å². The van der Waals surface area contributed by atoms with Crippen molar-refractivity contribution in [3.8, 4) is 11.6 Å². The number of rotatable bonds is 6. The first-order chi connectivity index (χ1) is 13.1. The van der Waals surface area contributed by atoms with Crippen LogP contribution in [0.2, 0.25) is 0 Å². The van der Waals surface area contributed by atoms with Gasteiger partial charge in [-0.15, -0.1) is 15.3 Å². The molecule has 3 aromatic rings. The molecule has 27 heavy (non-hydrogen) atoms. The molecule has 0 saturated carbocycles. The summed E-state index contributed by atoms with van der Waals surface area (Å²) < 4.78 is 32.7. The van der Waals surface area contributed by atoms with Gasteiger partial charge in [0.15, 0.2) is 5.82 Å². The monoisotopic (exact) mass is 371 g/mol. The lowest BCUT2D eigenvalue weighted by Gasteiger charge is -2.30. The molecule has 0 spiro atoms. The molecular formula is C18H17F2N6O. The van der Waals surface area contributed by atoms with Crippen molar-refractivity contribution in [3.05, 3.63) is 59.8 Å². The minimum atomic E-state index is -2.50. The second-order valence-electron chi connectivity index (χ2n) is 6.14. The van der Waals surface area contributed by atoms with E-state index in [1.807, 2.05) is 13.0 Å². The number of aryl methyl sites for hydroxylation is 1. The van der Waals surface area contributed by atoms with Gasteiger partial charge in [0.05, 0.1) is 11.4 Å². The van der Waals surface area contributed by atoms with Gasteiger partial charge in [-0.3, -0.25) is 0 Å². The predicted molar refractivity (Wildman–Crippen MR) is 93.9 cm³/mol. The standard InChI is InChI=1S/C18H17F2N6O/c1-12-15(11-27-17-8-7-16(22-23-17)25-9-2-10-25)26(24-21-12)14-5-3-13(4-6-14)18(19)20/h2-8,18H,9-11H2,1H3. The fourth-order valence-corrected chi connectivity index (χ4v) is 2.66. The molecule has 1 saturated heterocycles. The van der Waals surface area contributed by atoms with Crippen LogP contribution in [0.3, 0.4) is 0 Å². The molecule has 1 fully saturated rings. The van der Waals surface area contributed by atoms with Crippen molar-refractivity contribution in [2.75, 3.05) is 18.0 Å². The van der Waals surface area contributed by atoms with Crippen LogP contribution in [-0.4, -0.2) is 38.3 Å². The Hall–Kier alpha value is -3.10. The molecule has 0 amide bonds. The van der Waals surface area contributed by atoms with Gasteiger partial charge >= 0.3 is 0 Å². The SMILES string of the molecule is Cc1nnn(-c2ccc(C(F)F)cc2)c1COc1ccc(N2C[CH]C2)nn1. The summed E-state index contributed by atoms with van der Waals surface area (Å²) in [6.45, 7) is 3.75. The van der Waals surface area contributed by atoms with E-state index in [0.717, 1.165) is 18.9 Å². The summed E-state index contributed by atoms with van der Waals surface area (Å²) in [5, 5.41) is 16.4. The topological polar surface area (TPSA) is 69.0 Å². The lowest BCUT2D eigenvalue weighted by molar-refractivity contribution is 0.151. The van der Waals surface area contributed by atoms with Gasteiger partial charge in [-0.25, -0.2) is 13.5 Å². The van der Waals surface area contributed by atoms with Crippen LogP contribution in [0.25, 0.3) is 5.69 Å². The van der Waals surface area contributed by atoms with Crippen molar-refractivity contribution < 1.29 is 13.5 Å². The molecule has 9 heteroatoms. The molecule has 2 aromatic heterocycles. The molecule has 1 aromatic carbocycles. The van der Waals surface area contributed by atoms with Gasteiger partial charge in [-0.2, -0.15) is 0 Å². The van der Waals surface area contributed by atoms with Gasteiger partial charge < -0.3 is 9.64 Å². The Labute approximate surface area is 154 Å². The molecular weight excluding hydrogens is 354 g/mol. The number of anilines is 1. The molecule has 1 aliphatic rings. The molecule has 0 aliphatic carbocycles. The van der Waals surface area contributed by atoms with E-state index in [1.54, 1.807) is 22.9 Å². The normalized spacial score (nSPS) is 13.7. The second kappa shape index (κ2) is 7.26. The third-order valence-electron chi connectivity index (χ3n) is 4.35. The Bertz CT molecular complexity index is 907. The summed E-state index contributed by atoms with van der Waals surface area (Å²) in [5.41, 5.74) is 1.99. The zero-order chi connectivity index (χ0) is 18.8. The number of halogens is 2. The van der Waals surface area contributed by atoms with Crippen LogP contribution in [0.15, 0.2) is 36.4 Å². The highest BCUT2D eigenvalue weighted by Gasteiger charge is 2.17. The Morgan fingerprint density at radius 3 is 2.41 bits per heavy atom. The van der Waals surface area contributed by atoms with Crippen molar-refractivity contribution in [1.29, 1.82) is 0 Å². The van der Waals surface area contributed by atoms with Crippen LogP contribution < -0.4 is 9.64 Å². The first kappa shape index (κ1) is 17.3. The average Bonchev–Trinajstić information content (AvgIpc) is 3.00. The van der Waals surface area contributed by atoms with Gasteiger partial charge in [0.2, 0.25) is 5.88 Å². The highest BCUT2D eigenvalue weighted by Crippen LogP contribution is 2.22. The van der Waals surface area contributed by atoms with E-state index in [-0.39, 0.29) is 12.2 Å². The quantitative estimate of drug-likeness (QED) is 0.664. The van der Waals surface area contributed by atoms with E-state index >= 15 is 0 Å². The number of hydrogen-bond acceptors (Lipinski definition) is 6. The fraction of sp³-hybridized carbons (Fsp3) is 0.278. The van der Waals surface area contributed by atoms with Crippen molar-refractivity contribution in [3.63, 3.8) is 0 Å². The maximum absolute atomic E-state index is 12.7. The molecule has 1 aliphatic heterocycles. The van der Waals surface area contributed by atoms with Crippen LogP contribution in [0.4, 0.5) is 14.6 Å². The van der Waals surface area contributed by atoms with Gasteiger partial charge in [0.1, 0.15) is 12.3 Å². The van der Waals surface area contributed by atoms with Gasteiger partial charge in [0.25, 0.3) is 6.43 Å². The number of ether oxygens (including phenoxy) is 1. The lowest BCUT2D eigenvalue weighted by atomic mass is 10.2. The zero-order valence-electron chi connectivity index (χ0n) is 14.6. The minimum absolute atomic E-state index is 0.0384. The van der Waals surface area contributed by atoms with Crippen molar-refractivity contribution in [2.45, 2.75) is 20.0 Å². The van der Waals surface area contributed by atoms with E-state index < -0.39 is 6.43 Å². The highest BCUT2D eigenvalue weighted by molar-refractivity contribution is 5.43. The van der Waals surface area contributed by atoms with E-state index in [0.29, 0.717) is 23.0 Å². The van der Waals surface area contributed by atoms with Crippen LogP contribution in [0.1, 0.15) is 23.4 Å². The Balaban J connectivity index is 1.48. The predicted octanol–water partition coefficient (Wildman–Crippen LogP) is 2.91. The van der Waals surface area contributed by atoms with E-state index in [9.17, 15) is 8.78 Å². The third-order valence-corrected chi connectivity index (χ3v) is 4.35. The highest BCUT2D eigenvalue weighted by atomic mass is 19.3. The molecule has 3 heterocycles. The Kier molecular flexibility index (Phi) is 4.66. The van der Waals surface area contributed by atoms with Crippen molar-refractivity contribution in [2.24, 2.45) is 0 Å². The number of aromatic nitrogens is 5. The third kappa shape index (κ3) is 3.57. The molecule has 0 N–H and O–H groups in total. The maximum Gasteiger partial charge on any atom is 0.263 e. The van der Waals surface area contributed by atoms with Gasteiger partial charge in [-0.05, 0) is 25.1 Å². The smallest absolute Gasteiger partial charge is 0.263 e. The molecule has 139 valence electrons. The summed E-state index contributed by atoms with van der Waals surface area (Å²) in [6, 6.07) is 9.54. The second-order valence-corrected chi connectivity index (χ2v) is 6.14. The van der Waals surface area contributed by atoms with Gasteiger partial charge in [0, 0.05) is 31.1 Å². The lowest BCUT2D eigenvalue weighted by Crippen LogP contribution is -2.38. The summed E-state index contributed by atoms with van der Waals surface area (Å²) in [5.74, 6) is 1.20. The Morgan fingerprint density at radius 2 is 1.81 bits per heavy atom. The minimum Gasteiger partial charge on any atom is -0.470 e. The largest absolute Gasteiger partial charge is 0.470 e. The molecule has 7 nitrogen and oxygen atoms in total. The van der Waals surface area contributed by atoms with Crippen LogP contribution >= 0.6 is 0 Å². The number of hydrogen-bond donors (Lipinski definition) is 0. The molecule has 4 rings (SSSR count). The molecule has 0 unspecified atom stereocenters. The van der Waals surface area contributed by atoms with Crippen molar-refractivity contribution in [1.82, 2.24) is 25.2 Å². The van der Waals surface area contributed by atoms with Crippen LogP contribution in [0, 0.1) is 13.3 Å². The first-order valence-corrected chi connectivity index (χ1v) is 8.44. The molecule has 1 radical (unpaired) electrons. The molecule has 0 bridgehead atoms. The number of alkyl halides is 2. The van der Waals surface area contributed by atoms with E-state index in [1.165, 1.54) is 12.1 Å². The fourth-order valence-electron chi connectivity index (χ4n) is 2.66. The molecule has 0 atom stereocenters. The summed E-state index contributed by atoms with van der Waals surface area (Å²) in [6.07, 6.45) is -0.355. The summed E-state index contributed by atoms with van der Waals surface area (Å²) in [7, 11) is 0. The number of benzene rings is 1. The van der Waals surface area contributed by atoms with Crippen LogP contribution in [-0.2, 0) is 6.61 Å². The maximum atomic E-state index is 12.7. The zero-order valence-corrected chi connectivity index (χ0v) is 14.6. The van der Waals surface area contributed by atoms with Gasteiger partial charge in [-0.1, -0.05) is 17.3 Å². The first-order valence-electron chi connectivity index (χ1n) is 8.44.